The van der Waals surface area contributed by atoms with Crippen molar-refractivity contribution >= 4 is 18.4 Å². The Morgan fingerprint density at radius 3 is 2.47 bits per heavy atom. The number of benzene rings is 1. The Morgan fingerprint density at radius 1 is 1.41 bits per heavy atom. The van der Waals surface area contributed by atoms with Crippen molar-refractivity contribution in [3.63, 3.8) is 0 Å². The number of carbonyl (C=O) groups is 1. The van der Waals surface area contributed by atoms with Gasteiger partial charge in [0.15, 0.2) is 0 Å². The lowest BCUT2D eigenvalue weighted by Crippen LogP contribution is -2.21. The molecule has 96 valence electrons. The summed E-state index contributed by atoms with van der Waals surface area (Å²) in [5.41, 5.74) is 5.27. The number of carboxylic acids is 1. The monoisotopic (exact) mass is 271 g/mol. The molecule has 4 nitrogen and oxygen atoms in total. The number of hydrogen-bond donors (Lipinski definition) is 2. The maximum atomic E-state index is 11.9. The third-order valence-electron chi connectivity index (χ3n) is 1.72. The first kappa shape index (κ1) is 15.5. The molecule has 0 heterocycles. The van der Waals surface area contributed by atoms with E-state index in [1.54, 1.807) is 0 Å². The summed E-state index contributed by atoms with van der Waals surface area (Å²) in [7, 11) is 0. The van der Waals surface area contributed by atoms with E-state index in [2.05, 4.69) is 4.74 Å². The molecular weight excluding hydrogens is 263 g/mol. The van der Waals surface area contributed by atoms with Crippen molar-refractivity contribution < 1.29 is 27.8 Å². The lowest BCUT2D eigenvalue weighted by molar-refractivity contribution is -0.274. The molecule has 17 heavy (non-hydrogen) atoms. The van der Waals surface area contributed by atoms with Crippen molar-refractivity contribution in [2.24, 2.45) is 5.73 Å². The zero-order chi connectivity index (χ0) is 12.3. The Morgan fingerprint density at radius 2 is 2.00 bits per heavy atom. The first-order valence-corrected chi connectivity index (χ1v) is 4.13. The Kier molecular flexibility index (Phi) is 5.24. The van der Waals surface area contributed by atoms with Crippen LogP contribution in [0.4, 0.5) is 13.2 Å². The van der Waals surface area contributed by atoms with Crippen LogP contribution in [0.5, 0.6) is 5.75 Å². The quantitative estimate of drug-likeness (QED) is 0.883. The van der Waals surface area contributed by atoms with Crippen molar-refractivity contribution in [1.29, 1.82) is 0 Å². The van der Waals surface area contributed by atoms with Crippen LogP contribution >= 0.6 is 12.4 Å². The van der Waals surface area contributed by atoms with Crippen LogP contribution < -0.4 is 10.5 Å². The molecule has 0 radical (unpaired) electrons. The number of rotatable bonds is 3. The molecule has 3 N–H and O–H groups in total. The third-order valence-corrected chi connectivity index (χ3v) is 1.72. The summed E-state index contributed by atoms with van der Waals surface area (Å²) >= 11 is 0. The first-order chi connectivity index (χ1) is 7.29. The molecule has 0 aliphatic heterocycles. The van der Waals surface area contributed by atoms with Gasteiger partial charge >= 0.3 is 12.3 Å². The molecule has 0 bridgehead atoms. The van der Waals surface area contributed by atoms with E-state index in [4.69, 9.17) is 10.8 Å². The largest absolute Gasteiger partial charge is 0.573 e. The van der Waals surface area contributed by atoms with Crippen LogP contribution in [0.25, 0.3) is 0 Å². The maximum absolute atomic E-state index is 11.9. The van der Waals surface area contributed by atoms with Crippen LogP contribution in [-0.2, 0) is 4.79 Å². The van der Waals surface area contributed by atoms with Gasteiger partial charge in [-0.05, 0) is 17.7 Å². The summed E-state index contributed by atoms with van der Waals surface area (Å²) in [6, 6.07) is 3.16. The zero-order valence-electron chi connectivity index (χ0n) is 8.27. The first-order valence-electron chi connectivity index (χ1n) is 4.13. The van der Waals surface area contributed by atoms with Crippen molar-refractivity contribution in [2.75, 3.05) is 0 Å². The minimum absolute atomic E-state index is 0. The standard InChI is InChI=1S/C9H8F3NO3.ClH/c10-9(11,12)16-6-3-1-2-5(4-6)7(13)8(14)15;/h1-4,7H,13H2,(H,14,15);1H. The van der Waals surface area contributed by atoms with Crippen LogP contribution in [0.2, 0.25) is 0 Å². The maximum Gasteiger partial charge on any atom is 0.573 e. The minimum Gasteiger partial charge on any atom is -0.480 e. The van der Waals surface area contributed by atoms with Crippen LogP contribution in [0.15, 0.2) is 24.3 Å². The van der Waals surface area contributed by atoms with Crippen molar-refractivity contribution in [3.8, 4) is 5.75 Å². The Balaban J connectivity index is 0.00000256. The third kappa shape index (κ3) is 4.92. The normalized spacial score (nSPS) is 12.5. The van der Waals surface area contributed by atoms with Gasteiger partial charge in [-0.1, -0.05) is 12.1 Å². The topological polar surface area (TPSA) is 72.6 Å². The van der Waals surface area contributed by atoms with Gasteiger partial charge in [0.25, 0.3) is 0 Å². The van der Waals surface area contributed by atoms with Crippen molar-refractivity contribution in [1.82, 2.24) is 0 Å². The van der Waals surface area contributed by atoms with Crippen LogP contribution in [0.3, 0.4) is 0 Å². The molecular formula is C9H9ClF3NO3. The molecule has 0 saturated heterocycles. The van der Waals surface area contributed by atoms with Crippen LogP contribution in [0.1, 0.15) is 11.6 Å². The molecule has 0 spiro atoms. The highest BCUT2D eigenvalue weighted by molar-refractivity contribution is 5.85. The molecule has 0 saturated carbocycles. The average molecular weight is 272 g/mol. The van der Waals surface area contributed by atoms with E-state index in [0.29, 0.717) is 0 Å². The summed E-state index contributed by atoms with van der Waals surface area (Å²) in [6.07, 6.45) is -4.81. The number of nitrogens with two attached hydrogens (primary N) is 1. The summed E-state index contributed by atoms with van der Waals surface area (Å²) < 4.78 is 39.2. The number of aliphatic carboxylic acids is 1. The van der Waals surface area contributed by atoms with Crippen LogP contribution in [0, 0.1) is 0 Å². The second kappa shape index (κ2) is 5.74. The van der Waals surface area contributed by atoms with Gasteiger partial charge in [0.2, 0.25) is 0 Å². The smallest absolute Gasteiger partial charge is 0.480 e. The predicted molar refractivity (Wildman–Crippen MR) is 54.9 cm³/mol. The second-order valence-corrected chi connectivity index (χ2v) is 2.94. The summed E-state index contributed by atoms with van der Waals surface area (Å²) in [4.78, 5) is 10.5. The van der Waals surface area contributed by atoms with Gasteiger partial charge < -0.3 is 15.6 Å². The molecule has 1 rings (SSSR count). The molecule has 0 fully saturated rings. The van der Waals surface area contributed by atoms with Gasteiger partial charge in [-0.2, -0.15) is 0 Å². The van der Waals surface area contributed by atoms with Gasteiger partial charge in [0.1, 0.15) is 11.8 Å². The van der Waals surface area contributed by atoms with Crippen molar-refractivity contribution in [2.45, 2.75) is 12.4 Å². The number of hydrogen-bond acceptors (Lipinski definition) is 3. The fraction of sp³-hybridized carbons (Fsp3) is 0.222. The van der Waals surface area contributed by atoms with Crippen molar-refractivity contribution in [3.05, 3.63) is 29.8 Å². The minimum atomic E-state index is -4.81. The average Bonchev–Trinajstić information content (AvgIpc) is 2.14. The highest BCUT2D eigenvalue weighted by Gasteiger charge is 2.31. The van der Waals surface area contributed by atoms with Gasteiger partial charge in [-0.25, -0.2) is 0 Å². The van der Waals surface area contributed by atoms with E-state index in [-0.39, 0.29) is 18.0 Å². The number of alkyl halides is 3. The summed E-state index contributed by atoms with van der Waals surface area (Å²) in [5, 5.41) is 8.57. The Bertz CT molecular complexity index is 397. The molecule has 1 aromatic carbocycles. The highest BCUT2D eigenvalue weighted by atomic mass is 35.5. The lowest BCUT2D eigenvalue weighted by atomic mass is 10.1. The summed E-state index contributed by atoms with van der Waals surface area (Å²) in [5.74, 6) is -1.83. The molecule has 0 aliphatic carbocycles. The molecule has 1 atom stereocenters. The molecule has 1 aromatic rings. The predicted octanol–water partition coefficient (Wildman–Crippen LogP) is 2.09. The van der Waals surface area contributed by atoms with Gasteiger partial charge in [0.05, 0.1) is 0 Å². The fourth-order valence-corrected chi connectivity index (χ4v) is 1.05. The van der Waals surface area contributed by atoms with E-state index in [9.17, 15) is 18.0 Å². The second-order valence-electron chi connectivity index (χ2n) is 2.94. The van der Waals surface area contributed by atoms with E-state index in [1.807, 2.05) is 0 Å². The Hall–Kier alpha value is -1.47. The SMILES string of the molecule is Cl.NC(C(=O)O)c1cccc(OC(F)(F)F)c1. The fourth-order valence-electron chi connectivity index (χ4n) is 1.05. The van der Waals surface area contributed by atoms with E-state index >= 15 is 0 Å². The molecule has 0 aromatic heterocycles. The summed E-state index contributed by atoms with van der Waals surface area (Å²) in [6.45, 7) is 0. The number of ether oxygens (including phenoxy) is 1. The van der Waals surface area contributed by atoms with E-state index in [0.717, 1.165) is 12.1 Å². The van der Waals surface area contributed by atoms with Gasteiger partial charge in [-0.3, -0.25) is 4.79 Å². The molecule has 0 aliphatic rings. The van der Waals surface area contributed by atoms with Gasteiger partial charge in [-0.15, -0.1) is 25.6 Å². The highest BCUT2D eigenvalue weighted by Crippen LogP contribution is 2.24. The molecule has 8 heteroatoms. The zero-order valence-corrected chi connectivity index (χ0v) is 9.09. The lowest BCUT2D eigenvalue weighted by Gasteiger charge is -2.11. The number of halogens is 4. The molecule has 1 unspecified atom stereocenters. The van der Waals surface area contributed by atoms with Gasteiger partial charge in [0, 0.05) is 0 Å². The Labute approximate surface area is 101 Å². The number of carboxylic acid groups (broad SMARTS) is 1. The molecule has 0 amide bonds. The van der Waals surface area contributed by atoms with E-state index in [1.165, 1.54) is 12.1 Å². The van der Waals surface area contributed by atoms with E-state index < -0.39 is 24.1 Å². The van der Waals surface area contributed by atoms with Crippen LogP contribution in [-0.4, -0.2) is 17.4 Å².